The number of nitrogens with zero attached hydrogens (tertiary/aromatic N) is 2. The van der Waals surface area contributed by atoms with Crippen molar-refractivity contribution in [1.82, 2.24) is 25.1 Å². The smallest absolute Gasteiger partial charge is 0.308 e. The van der Waals surface area contributed by atoms with Gasteiger partial charge in [-0.3, -0.25) is 14.9 Å². The summed E-state index contributed by atoms with van der Waals surface area (Å²) in [6.45, 7) is 0.896. The number of hydrogen-bond acceptors (Lipinski definition) is 4. The largest absolute Gasteiger partial charge is 0.328 e. The molecule has 24 heavy (non-hydrogen) atoms. The Bertz CT molecular complexity index is 973. The lowest BCUT2D eigenvalue weighted by Crippen LogP contribution is -2.32. The number of aryl methyl sites for hydroxylation is 1. The first kappa shape index (κ1) is 16.4. The Hall–Kier alpha value is -2.45. The summed E-state index contributed by atoms with van der Waals surface area (Å²) in [6, 6.07) is 7.93. The number of rotatable bonds is 5. The first-order valence-corrected chi connectivity index (χ1v) is 8.11. The van der Waals surface area contributed by atoms with E-state index in [1.165, 1.54) is 4.57 Å². The van der Waals surface area contributed by atoms with Crippen molar-refractivity contribution in [3.05, 3.63) is 73.1 Å². The number of halogens is 1. The average Bonchev–Trinajstić information content (AvgIpc) is 3.01. The highest BCUT2D eigenvalue weighted by Crippen LogP contribution is 2.24. The third-order valence-corrected chi connectivity index (χ3v) is 4.14. The first-order chi connectivity index (χ1) is 11.5. The van der Waals surface area contributed by atoms with E-state index in [1.807, 2.05) is 24.3 Å². The zero-order valence-electron chi connectivity index (χ0n) is 13.0. The Kier molecular flexibility index (Phi) is 4.77. The van der Waals surface area contributed by atoms with Crippen molar-refractivity contribution in [3.63, 3.8) is 0 Å². The molecular weight excluding hydrogens is 374 g/mol. The molecule has 2 heterocycles. The van der Waals surface area contributed by atoms with Crippen LogP contribution in [0.25, 0.3) is 11.3 Å². The van der Waals surface area contributed by atoms with Crippen molar-refractivity contribution >= 4 is 15.9 Å². The van der Waals surface area contributed by atoms with Gasteiger partial charge < -0.3 is 9.88 Å². The lowest BCUT2D eigenvalue weighted by atomic mass is 10.1. The summed E-state index contributed by atoms with van der Waals surface area (Å²) in [5, 5.41) is 10.3. The van der Waals surface area contributed by atoms with Crippen molar-refractivity contribution in [2.75, 3.05) is 0 Å². The summed E-state index contributed by atoms with van der Waals surface area (Å²) in [4.78, 5) is 25.4. The summed E-state index contributed by atoms with van der Waals surface area (Å²) < 4.78 is 2.34. The standard InChI is InChI=1S/C16H16BrN5O2/c1-22-9-12(15(23)20-16(22)24)7-18-6-11-8-19-21-14(11)10-3-2-4-13(17)5-10/h2-5,8-9,18H,6-7H2,1H3,(H,19,21)(H,20,23,24). The van der Waals surface area contributed by atoms with Crippen molar-refractivity contribution in [1.29, 1.82) is 0 Å². The van der Waals surface area contributed by atoms with Crippen molar-refractivity contribution < 1.29 is 0 Å². The Morgan fingerprint density at radius 3 is 2.83 bits per heavy atom. The third kappa shape index (κ3) is 3.55. The minimum atomic E-state index is -0.421. The van der Waals surface area contributed by atoms with Gasteiger partial charge in [0.15, 0.2) is 0 Å². The van der Waals surface area contributed by atoms with Crippen LogP contribution in [0.4, 0.5) is 0 Å². The number of aromatic nitrogens is 4. The van der Waals surface area contributed by atoms with Gasteiger partial charge in [0.05, 0.1) is 11.9 Å². The average molecular weight is 390 g/mol. The van der Waals surface area contributed by atoms with Gasteiger partial charge in [0.2, 0.25) is 0 Å². The van der Waals surface area contributed by atoms with Crippen LogP contribution < -0.4 is 16.6 Å². The van der Waals surface area contributed by atoms with E-state index in [2.05, 4.69) is 36.4 Å². The molecule has 0 aliphatic carbocycles. The molecule has 8 heteroatoms. The Morgan fingerprint density at radius 1 is 1.25 bits per heavy atom. The number of nitrogens with one attached hydrogen (secondary N) is 3. The fourth-order valence-corrected chi connectivity index (χ4v) is 2.81. The van der Waals surface area contributed by atoms with E-state index < -0.39 is 5.69 Å². The first-order valence-electron chi connectivity index (χ1n) is 7.32. The topological polar surface area (TPSA) is 95.6 Å². The van der Waals surface area contributed by atoms with Gasteiger partial charge in [-0.15, -0.1) is 0 Å². The molecule has 0 radical (unpaired) electrons. The summed E-state index contributed by atoms with van der Waals surface area (Å²) in [5.41, 5.74) is 2.66. The van der Waals surface area contributed by atoms with Crippen LogP contribution in [0.1, 0.15) is 11.1 Å². The molecule has 0 aliphatic heterocycles. The van der Waals surface area contributed by atoms with Gasteiger partial charge in [0, 0.05) is 47.5 Å². The summed E-state index contributed by atoms with van der Waals surface area (Å²) >= 11 is 3.46. The van der Waals surface area contributed by atoms with Crippen molar-refractivity contribution in [2.45, 2.75) is 13.1 Å². The number of H-pyrrole nitrogens is 2. The predicted octanol–water partition coefficient (Wildman–Crippen LogP) is 1.52. The van der Waals surface area contributed by atoms with E-state index >= 15 is 0 Å². The molecule has 0 saturated heterocycles. The molecule has 0 bridgehead atoms. The summed E-state index contributed by atoms with van der Waals surface area (Å²) in [7, 11) is 1.60. The van der Waals surface area contributed by atoms with Gasteiger partial charge >= 0.3 is 5.69 Å². The van der Waals surface area contributed by atoms with Crippen LogP contribution in [0.15, 0.2) is 50.7 Å². The fourth-order valence-electron chi connectivity index (χ4n) is 2.41. The zero-order chi connectivity index (χ0) is 17.1. The normalized spacial score (nSPS) is 10.9. The molecule has 0 aliphatic rings. The molecule has 0 amide bonds. The molecule has 124 valence electrons. The quantitative estimate of drug-likeness (QED) is 0.616. The molecule has 7 nitrogen and oxygen atoms in total. The SMILES string of the molecule is Cn1cc(CNCc2cn[nH]c2-c2cccc(Br)c2)c(=O)[nH]c1=O. The van der Waals surface area contributed by atoms with Crippen LogP contribution in [0.5, 0.6) is 0 Å². The maximum absolute atomic E-state index is 11.8. The van der Waals surface area contributed by atoms with Crippen LogP contribution in [-0.4, -0.2) is 19.7 Å². The Labute approximate surface area is 145 Å². The van der Waals surface area contributed by atoms with E-state index in [9.17, 15) is 9.59 Å². The fraction of sp³-hybridized carbons (Fsp3) is 0.188. The van der Waals surface area contributed by atoms with Gasteiger partial charge in [0.1, 0.15) is 0 Å². The highest BCUT2D eigenvalue weighted by molar-refractivity contribution is 9.10. The molecule has 0 saturated carbocycles. The van der Waals surface area contributed by atoms with Crippen LogP contribution in [0.3, 0.4) is 0 Å². The van der Waals surface area contributed by atoms with Gasteiger partial charge in [-0.1, -0.05) is 28.1 Å². The van der Waals surface area contributed by atoms with E-state index in [0.717, 1.165) is 21.3 Å². The minimum absolute atomic E-state index is 0.354. The molecular formula is C16H16BrN5O2. The highest BCUT2D eigenvalue weighted by atomic mass is 79.9. The minimum Gasteiger partial charge on any atom is -0.308 e. The predicted molar refractivity (Wildman–Crippen MR) is 94.6 cm³/mol. The second-order valence-corrected chi connectivity index (χ2v) is 6.32. The summed E-state index contributed by atoms with van der Waals surface area (Å²) in [5.74, 6) is 0. The lowest BCUT2D eigenvalue weighted by Gasteiger charge is -2.07. The van der Waals surface area contributed by atoms with Gasteiger partial charge in [-0.2, -0.15) is 5.10 Å². The van der Waals surface area contributed by atoms with Gasteiger partial charge in [0.25, 0.3) is 5.56 Å². The van der Waals surface area contributed by atoms with Crippen molar-refractivity contribution in [2.24, 2.45) is 7.05 Å². The van der Waals surface area contributed by atoms with E-state index in [-0.39, 0.29) is 5.56 Å². The second-order valence-electron chi connectivity index (χ2n) is 5.41. The molecule has 2 aromatic heterocycles. The van der Waals surface area contributed by atoms with Crippen LogP contribution in [-0.2, 0) is 20.1 Å². The van der Waals surface area contributed by atoms with Gasteiger partial charge in [-0.05, 0) is 12.1 Å². The zero-order valence-corrected chi connectivity index (χ0v) is 14.6. The molecule has 3 rings (SSSR count). The molecule has 1 aromatic carbocycles. The third-order valence-electron chi connectivity index (χ3n) is 3.64. The number of aromatic amines is 2. The maximum atomic E-state index is 11.8. The molecule has 0 atom stereocenters. The van der Waals surface area contributed by atoms with E-state index in [4.69, 9.17) is 0 Å². The van der Waals surface area contributed by atoms with E-state index in [0.29, 0.717) is 18.7 Å². The highest BCUT2D eigenvalue weighted by Gasteiger charge is 2.09. The number of benzene rings is 1. The van der Waals surface area contributed by atoms with E-state index in [1.54, 1.807) is 19.4 Å². The monoisotopic (exact) mass is 389 g/mol. The molecule has 3 aromatic rings. The molecule has 0 spiro atoms. The Balaban J connectivity index is 1.73. The molecule has 3 N–H and O–H groups in total. The lowest BCUT2D eigenvalue weighted by molar-refractivity contribution is 0.670. The van der Waals surface area contributed by atoms with Gasteiger partial charge in [-0.25, -0.2) is 4.79 Å². The number of hydrogen-bond donors (Lipinski definition) is 3. The van der Waals surface area contributed by atoms with Crippen molar-refractivity contribution in [3.8, 4) is 11.3 Å². The molecule has 0 fully saturated rings. The van der Waals surface area contributed by atoms with Crippen LogP contribution in [0, 0.1) is 0 Å². The maximum Gasteiger partial charge on any atom is 0.328 e. The van der Waals surface area contributed by atoms with Crippen LogP contribution >= 0.6 is 15.9 Å². The summed E-state index contributed by atoms with van der Waals surface area (Å²) in [6.07, 6.45) is 3.30. The Morgan fingerprint density at radius 2 is 2.04 bits per heavy atom. The van der Waals surface area contributed by atoms with Crippen LogP contribution in [0.2, 0.25) is 0 Å². The molecule has 0 unspecified atom stereocenters. The second kappa shape index (κ2) is 6.98.